The van der Waals surface area contributed by atoms with Gasteiger partial charge in [0.1, 0.15) is 24.8 Å². The fraction of sp³-hybridized carbons (Fsp3) is 0.273. The summed E-state index contributed by atoms with van der Waals surface area (Å²) in [4.78, 5) is 14.5. The maximum absolute atomic E-state index is 14.6. The van der Waals surface area contributed by atoms with E-state index in [4.69, 9.17) is 26.4 Å². The molecule has 0 aliphatic carbocycles. The number of thiocarbonyl (C=S) groups is 1. The molecule has 2 aliphatic rings. The summed E-state index contributed by atoms with van der Waals surface area (Å²) in [7, 11) is 0. The Labute approximate surface area is 183 Å². The van der Waals surface area contributed by atoms with Crippen molar-refractivity contribution in [2.24, 2.45) is 0 Å². The number of allylic oxidation sites excluding steroid dienone is 1. The van der Waals surface area contributed by atoms with Crippen LogP contribution >= 0.6 is 12.2 Å². The molecule has 0 fully saturated rings. The van der Waals surface area contributed by atoms with Gasteiger partial charge in [-0.1, -0.05) is 6.07 Å². The number of benzene rings is 2. The predicted octanol–water partition coefficient (Wildman–Crippen LogP) is 4.01. The van der Waals surface area contributed by atoms with Crippen molar-refractivity contribution in [2.45, 2.75) is 19.9 Å². The van der Waals surface area contributed by atoms with Crippen LogP contribution < -0.4 is 19.7 Å². The van der Waals surface area contributed by atoms with E-state index < -0.39 is 23.6 Å². The van der Waals surface area contributed by atoms with Gasteiger partial charge in [-0.05, 0) is 50.3 Å². The Hall–Kier alpha value is -3.20. The summed E-state index contributed by atoms with van der Waals surface area (Å²) in [5.41, 5.74) is 0.767. The number of anilines is 1. The zero-order valence-corrected chi connectivity index (χ0v) is 17.7. The second-order valence-electron chi connectivity index (χ2n) is 6.90. The van der Waals surface area contributed by atoms with Crippen molar-refractivity contribution in [2.75, 3.05) is 24.7 Å². The maximum Gasteiger partial charge on any atom is 0.338 e. The molecule has 2 aromatic rings. The molecule has 31 heavy (non-hydrogen) atoms. The number of carbonyl (C=O) groups excluding carboxylic acids is 1. The van der Waals surface area contributed by atoms with Crippen molar-refractivity contribution in [1.29, 1.82) is 0 Å². The van der Waals surface area contributed by atoms with Crippen LogP contribution in [-0.4, -0.2) is 30.9 Å². The molecular weight excluding hydrogens is 426 g/mol. The Kier molecular flexibility index (Phi) is 5.77. The minimum Gasteiger partial charge on any atom is -0.486 e. The van der Waals surface area contributed by atoms with E-state index in [9.17, 15) is 13.6 Å². The Bertz CT molecular complexity index is 1070. The lowest BCUT2D eigenvalue weighted by atomic mass is 9.94. The number of rotatable bonds is 4. The minimum absolute atomic E-state index is 0.0642. The quantitative estimate of drug-likeness (QED) is 0.563. The zero-order chi connectivity index (χ0) is 22.1. The molecule has 162 valence electrons. The summed E-state index contributed by atoms with van der Waals surface area (Å²) in [5, 5.41) is 3.09. The first kappa shape index (κ1) is 21.0. The summed E-state index contributed by atoms with van der Waals surface area (Å²) in [6.45, 7) is 4.29. The van der Waals surface area contributed by atoms with Crippen LogP contribution in [0.25, 0.3) is 0 Å². The van der Waals surface area contributed by atoms with Gasteiger partial charge in [0.05, 0.1) is 29.5 Å². The summed E-state index contributed by atoms with van der Waals surface area (Å²) in [6, 6.07) is 7.63. The van der Waals surface area contributed by atoms with Crippen molar-refractivity contribution >= 4 is 29.0 Å². The highest BCUT2D eigenvalue weighted by molar-refractivity contribution is 7.80. The van der Waals surface area contributed by atoms with Crippen LogP contribution in [0, 0.1) is 11.6 Å². The van der Waals surface area contributed by atoms with Gasteiger partial charge in [0, 0.05) is 11.8 Å². The summed E-state index contributed by atoms with van der Waals surface area (Å²) >= 11 is 5.52. The number of fused-ring (bicyclic) bond motifs is 1. The third kappa shape index (κ3) is 3.81. The highest BCUT2D eigenvalue weighted by Gasteiger charge is 2.38. The first-order chi connectivity index (χ1) is 14.9. The molecule has 0 bridgehead atoms. The second kappa shape index (κ2) is 8.50. The number of nitrogens with one attached hydrogen (secondary N) is 1. The molecule has 0 saturated heterocycles. The summed E-state index contributed by atoms with van der Waals surface area (Å²) < 4.78 is 45.5. The largest absolute Gasteiger partial charge is 0.486 e. The Morgan fingerprint density at radius 3 is 2.55 bits per heavy atom. The van der Waals surface area contributed by atoms with E-state index in [1.165, 1.54) is 6.07 Å². The molecule has 2 aliphatic heterocycles. The number of esters is 1. The number of hydrogen-bond acceptors (Lipinski definition) is 5. The van der Waals surface area contributed by atoms with Crippen molar-refractivity contribution in [1.82, 2.24) is 5.32 Å². The first-order valence-corrected chi connectivity index (χ1v) is 10.1. The number of ether oxygens (including phenoxy) is 3. The molecule has 0 amide bonds. The molecule has 6 nitrogen and oxygen atoms in total. The molecule has 2 heterocycles. The van der Waals surface area contributed by atoms with Crippen molar-refractivity contribution in [3.8, 4) is 11.5 Å². The van der Waals surface area contributed by atoms with E-state index in [1.807, 2.05) is 0 Å². The fourth-order valence-corrected chi connectivity index (χ4v) is 4.06. The lowest BCUT2D eigenvalue weighted by Gasteiger charge is -2.38. The van der Waals surface area contributed by atoms with Gasteiger partial charge in [-0.3, -0.25) is 4.90 Å². The Morgan fingerprint density at radius 1 is 1.19 bits per heavy atom. The van der Waals surface area contributed by atoms with Gasteiger partial charge in [-0.2, -0.15) is 0 Å². The summed E-state index contributed by atoms with van der Waals surface area (Å²) in [5.74, 6) is -1.13. The Balaban J connectivity index is 1.85. The average molecular weight is 446 g/mol. The molecule has 0 aromatic heterocycles. The SMILES string of the molecule is CCOC(=O)C1=C(C)N(c2ccc3c(c2)OCCO3)C(=S)N[C@H]1c1c(F)cccc1F. The van der Waals surface area contributed by atoms with E-state index in [-0.39, 0.29) is 22.9 Å². The van der Waals surface area contributed by atoms with Crippen LogP contribution in [0.3, 0.4) is 0 Å². The normalized spacial score (nSPS) is 18.0. The van der Waals surface area contributed by atoms with Crippen LogP contribution in [0.4, 0.5) is 14.5 Å². The van der Waals surface area contributed by atoms with Gasteiger partial charge < -0.3 is 19.5 Å². The molecule has 0 spiro atoms. The minimum atomic E-state index is -1.14. The van der Waals surface area contributed by atoms with Gasteiger partial charge in [0.25, 0.3) is 0 Å². The molecular formula is C22H20F2N2O4S. The van der Waals surface area contributed by atoms with Gasteiger partial charge in [-0.15, -0.1) is 0 Å². The van der Waals surface area contributed by atoms with Crippen molar-refractivity contribution < 1.29 is 27.8 Å². The van der Waals surface area contributed by atoms with E-state index in [2.05, 4.69) is 5.32 Å². The molecule has 1 atom stereocenters. The fourth-order valence-electron chi connectivity index (χ4n) is 3.70. The van der Waals surface area contributed by atoms with Gasteiger partial charge in [-0.25, -0.2) is 13.6 Å². The molecule has 0 radical (unpaired) electrons. The number of hydrogen-bond donors (Lipinski definition) is 1. The van der Waals surface area contributed by atoms with Gasteiger partial charge in [0.2, 0.25) is 0 Å². The van der Waals surface area contributed by atoms with E-state index in [0.29, 0.717) is 36.1 Å². The van der Waals surface area contributed by atoms with Crippen molar-refractivity contribution in [3.63, 3.8) is 0 Å². The molecule has 9 heteroatoms. The van der Waals surface area contributed by atoms with E-state index >= 15 is 0 Å². The first-order valence-electron chi connectivity index (χ1n) is 9.74. The third-order valence-electron chi connectivity index (χ3n) is 5.05. The van der Waals surface area contributed by atoms with E-state index in [1.54, 1.807) is 36.9 Å². The number of halogens is 2. The Morgan fingerprint density at radius 2 is 1.87 bits per heavy atom. The molecule has 0 unspecified atom stereocenters. The average Bonchev–Trinajstić information content (AvgIpc) is 2.73. The van der Waals surface area contributed by atoms with Crippen LogP contribution in [-0.2, 0) is 9.53 Å². The van der Waals surface area contributed by atoms with Gasteiger partial charge >= 0.3 is 5.97 Å². The number of nitrogens with zero attached hydrogens (tertiary/aromatic N) is 1. The molecule has 0 saturated carbocycles. The monoisotopic (exact) mass is 446 g/mol. The van der Waals surface area contributed by atoms with E-state index in [0.717, 1.165) is 12.1 Å². The molecule has 1 N–H and O–H groups in total. The lowest BCUT2D eigenvalue weighted by Crippen LogP contribution is -2.48. The smallest absolute Gasteiger partial charge is 0.338 e. The highest BCUT2D eigenvalue weighted by Crippen LogP contribution is 2.39. The molecule has 4 rings (SSSR count). The maximum atomic E-state index is 14.6. The van der Waals surface area contributed by atoms with Crippen LogP contribution in [0.5, 0.6) is 11.5 Å². The molecule has 2 aromatic carbocycles. The summed E-state index contributed by atoms with van der Waals surface area (Å²) in [6.07, 6.45) is 0. The van der Waals surface area contributed by atoms with Crippen LogP contribution in [0.1, 0.15) is 25.5 Å². The predicted molar refractivity (Wildman–Crippen MR) is 114 cm³/mol. The van der Waals surface area contributed by atoms with Crippen LogP contribution in [0.2, 0.25) is 0 Å². The zero-order valence-electron chi connectivity index (χ0n) is 16.9. The third-order valence-corrected chi connectivity index (χ3v) is 5.35. The standard InChI is InChI=1S/C22H20F2N2O4S/c1-3-28-21(27)18-12(2)26(13-7-8-16-17(11-13)30-10-9-29-16)22(31)25-20(18)19-14(23)5-4-6-15(19)24/h4-8,11,20H,3,9-10H2,1-2H3,(H,25,31)/t20-/m1/s1. The van der Waals surface area contributed by atoms with Crippen molar-refractivity contribution in [3.05, 3.63) is 64.9 Å². The highest BCUT2D eigenvalue weighted by atomic mass is 32.1. The van der Waals surface area contributed by atoms with Gasteiger partial charge in [0.15, 0.2) is 16.6 Å². The lowest BCUT2D eigenvalue weighted by molar-refractivity contribution is -0.139. The number of carbonyl (C=O) groups is 1. The topological polar surface area (TPSA) is 60.0 Å². The second-order valence-corrected chi connectivity index (χ2v) is 7.29. The van der Waals surface area contributed by atoms with Crippen LogP contribution in [0.15, 0.2) is 47.7 Å².